The normalized spacial score (nSPS) is 20.3. The van der Waals surface area contributed by atoms with Crippen molar-refractivity contribution in [1.29, 1.82) is 0 Å². The molecular weight excluding hydrogens is 382 g/mol. The van der Waals surface area contributed by atoms with Gasteiger partial charge in [0.05, 0.1) is 5.41 Å². The van der Waals surface area contributed by atoms with Gasteiger partial charge in [0.25, 0.3) is 0 Å². The number of carbonyl (C=O) groups is 1. The molecule has 160 valence electrons. The van der Waals surface area contributed by atoms with Crippen LogP contribution < -0.4 is 0 Å². The maximum atomic E-state index is 13.8. The van der Waals surface area contributed by atoms with E-state index in [0.29, 0.717) is 11.8 Å². The van der Waals surface area contributed by atoms with Gasteiger partial charge in [0.2, 0.25) is 5.91 Å². The predicted molar refractivity (Wildman–Crippen MR) is 124 cm³/mol. The number of hydrogen-bond acceptors (Lipinski definition) is 2. The van der Waals surface area contributed by atoms with E-state index in [1.54, 1.807) is 0 Å². The minimum atomic E-state index is -0.309. The molecule has 4 nitrogen and oxygen atoms in total. The van der Waals surface area contributed by atoms with Crippen LogP contribution in [0.3, 0.4) is 0 Å². The first-order valence-electron chi connectivity index (χ1n) is 11.6. The molecule has 1 saturated heterocycles. The molecular formula is C27H31N3O. The van der Waals surface area contributed by atoms with Gasteiger partial charge in [0.1, 0.15) is 5.82 Å². The Morgan fingerprint density at radius 2 is 1.71 bits per heavy atom. The lowest BCUT2D eigenvalue weighted by atomic mass is 9.77. The van der Waals surface area contributed by atoms with E-state index < -0.39 is 0 Å². The van der Waals surface area contributed by atoms with Crippen LogP contribution in [0, 0.1) is 12.8 Å². The molecule has 31 heavy (non-hydrogen) atoms. The maximum absolute atomic E-state index is 13.8. The predicted octanol–water partition coefficient (Wildman–Crippen LogP) is 5.22. The van der Waals surface area contributed by atoms with Crippen molar-refractivity contribution in [2.45, 2.75) is 51.0 Å². The number of carbonyl (C=O) groups excluding carboxylic acids is 1. The number of benzene rings is 2. The number of aryl methyl sites for hydroxylation is 1. The van der Waals surface area contributed by atoms with Crippen molar-refractivity contribution < 1.29 is 4.79 Å². The van der Waals surface area contributed by atoms with E-state index in [1.165, 1.54) is 11.3 Å². The van der Waals surface area contributed by atoms with Crippen molar-refractivity contribution in [2.75, 3.05) is 13.1 Å². The van der Waals surface area contributed by atoms with Gasteiger partial charge in [-0.25, -0.2) is 4.98 Å². The smallest absolute Gasteiger partial charge is 0.233 e. The summed E-state index contributed by atoms with van der Waals surface area (Å²) in [5, 5.41) is 0. The SMILES string of the molecule is Cc1cnc(-c2ccccc2)n1CC1CCN(C(=O)C2(c3ccccc3)CCCC2)C1. The fourth-order valence-corrected chi connectivity index (χ4v) is 5.60. The molecule has 4 heteroatoms. The Morgan fingerprint density at radius 3 is 2.42 bits per heavy atom. The second-order valence-electron chi connectivity index (χ2n) is 9.26. The first-order chi connectivity index (χ1) is 15.2. The Hall–Kier alpha value is -2.88. The second-order valence-corrected chi connectivity index (χ2v) is 9.26. The molecule has 1 unspecified atom stereocenters. The fourth-order valence-electron chi connectivity index (χ4n) is 5.60. The molecule has 5 rings (SSSR count). The van der Waals surface area contributed by atoms with Crippen LogP contribution in [-0.2, 0) is 16.8 Å². The van der Waals surface area contributed by atoms with E-state index in [1.807, 2.05) is 18.3 Å². The third-order valence-corrected chi connectivity index (χ3v) is 7.29. The molecule has 0 spiro atoms. The van der Waals surface area contributed by atoms with Crippen molar-refractivity contribution in [1.82, 2.24) is 14.5 Å². The summed E-state index contributed by atoms with van der Waals surface area (Å²) in [6.45, 7) is 4.75. The molecule has 2 fully saturated rings. The number of hydrogen-bond donors (Lipinski definition) is 0. The molecule has 1 aliphatic carbocycles. The molecule has 0 N–H and O–H groups in total. The summed E-state index contributed by atoms with van der Waals surface area (Å²) in [6.07, 6.45) is 7.27. The molecule has 2 aliphatic rings. The van der Waals surface area contributed by atoms with Gasteiger partial charge in [-0.05, 0) is 37.7 Å². The van der Waals surface area contributed by atoms with Gasteiger partial charge in [-0.1, -0.05) is 73.5 Å². The Labute approximate surface area is 184 Å². The Balaban J connectivity index is 1.33. The van der Waals surface area contributed by atoms with Crippen LogP contribution in [0.5, 0.6) is 0 Å². The first-order valence-corrected chi connectivity index (χ1v) is 11.6. The van der Waals surface area contributed by atoms with Crippen molar-refractivity contribution in [2.24, 2.45) is 5.92 Å². The van der Waals surface area contributed by atoms with E-state index in [-0.39, 0.29) is 5.41 Å². The lowest BCUT2D eigenvalue weighted by molar-refractivity contribution is -0.136. The summed E-state index contributed by atoms with van der Waals surface area (Å²) >= 11 is 0. The monoisotopic (exact) mass is 413 g/mol. The van der Waals surface area contributed by atoms with Gasteiger partial charge in [-0.15, -0.1) is 0 Å². The van der Waals surface area contributed by atoms with Crippen LogP contribution in [0.4, 0.5) is 0 Å². The summed E-state index contributed by atoms with van der Waals surface area (Å²) in [4.78, 5) is 20.6. The van der Waals surface area contributed by atoms with Gasteiger partial charge in [0.15, 0.2) is 0 Å². The molecule has 1 atom stereocenters. The van der Waals surface area contributed by atoms with Crippen LogP contribution in [0.2, 0.25) is 0 Å². The zero-order chi connectivity index (χ0) is 21.3. The highest BCUT2D eigenvalue weighted by molar-refractivity contribution is 5.89. The first kappa shape index (κ1) is 20.0. The third-order valence-electron chi connectivity index (χ3n) is 7.29. The highest BCUT2D eigenvalue weighted by Crippen LogP contribution is 2.43. The van der Waals surface area contributed by atoms with E-state index in [4.69, 9.17) is 0 Å². The molecule has 2 heterocycles. The summed E-state index contributed by atoms with van der Waals surface area (Å²) in [5.74, 6) is 1.84. The van der Waals surface area contributed by atoms with E-state index in [0.717, 1.165) is 63.1 Å². The Bertz CT molecular complexity index is 1030. The molecule has 1 aliphatic heterocycles. The van der Waals surface area contributed by atoms with Gasteiger partial charge in [-0.3, -0.25) is 4.79 Å². The summed E-state index contributed by atoms with van der Waals surface area (Å²) < 4.78 is 2.33. The summed E-state index contributed by atoms with van der Waals surface area (Å²) in [5.41, 5.74) is 3.23. The molecule has 0 bridgehead atoms. The molecule has 0 radical (unpaired) electrons. The van der Waals surface area contributed by atoms with Gasteiger partial charge < -0.3 is 9.47 Å². The zero-order valence-corrected chi connectivity index (χ0v) is 18.3. The molecule has 3 aromatic rings. The molecule has 1 amide bonds. The van der Waals surface area contributed by atoms with E-state index in [2.05, 4.69) is 69.9 Å². The van der Waals surface area contributed by atoms with Crippen LogP contribution in [0.15, 0.2) is 66.9 Å². The molecule has 1 aromatic heterocycles. The number of amides is 1. The zero-order valence-electron chi connectivity index (χ0n) is 18.3. The van der Waals surface area contributed by atoms with Gasteiger partial charge in [-0.2, -0.15) is 0 Å². The number of imidazole rings is 1. The number of rotatable bonds is 5. The second kappa shape index (κ2) is 8.33. The number of aromatic nitrogens is 2. The quantitative estimate of drug-likeness (QED) is 0.575. The van der Waals surface area contributed by atoms with Gasteiger partial charge in [0, 0.05) is 37.1 Å². The minimum Gasteiger partial charge on any atom is -0.342 e. The summed E-state index contributed by atoms with van der Waals surface area (Å²) in [7, 11) is 0. The standard InChI is InChI=1S/C27H31N3O/c1-21-18-28-25(23-10-4-2-5-11-23)30(21)20-22-14-17-29(19-22)26(31)27(15-8-9-16-27)24-12-6-3-7-13-24/h2-7,10-13,18,22H,8-9,14-17,19-20H2,1H3. The van der Waals surface area contributed by atoms with E-state index >= 15 is 0 Å². The third kappa shape index (κ3) is 3.69. The number of nitrogens with zero attached hydrogens (tertiary/aromatic N) is 3. The van der Waals surface area contributed by atoms with E-state index in [9.17, 15) is 4.79 Å². The lowest BCUT2D eigenvalue weighted by Crippen LogP contribution is -2.44. The molecule has 1 saturated carbocycles. The largest absolute Gasteiger partial charge is 0.342 e. The van der Waals surface area contributed by atoms with Crippen molar-refractivity contribution >= 4 is 5.91 Å². The fraction of sp³-hybridized carbons (Fsp3) is 0.407. The average Bonchev–Trinajstić information content (AvgIpc) is 3.56. The maximum Gasteiger partial charge on any atom is 0.233 e. The van der Waals surface area contributed by atoms with Crippen LogP contribution in [0.1, 0.15) is 43.4 Å². The number of likely N-dealkylation sites (tertiary alicyclic amines) is 1. The summed E-state index contributed by atoms with van der Waals surface area (Å²) in [6, 6.07) is 20.9. The van der Waals surface area contributed by atoms with Crippen molar-refractivity contribution in [3.8, 4) is 11.4 Å². The van der Waals surface area contributed by atoms with Crippen LogP contribution >= 0.6 is 0 Å². The highest BCUT2D eigenvalue weighted by Gasteiger charge is 2.46. The van der Waals surface area contributed by atoms with Crippen molar-refractivity contribution in [3.05, 3.63) is 78.1 Å². The Kier molecular flexibility index (Phi) is 5.39. The molecule has 2 aromatic carbocycles. The lowest BCUT2D eigenvalue weighted by Gasteiger charge is -2.33. The Morgan fingerprint density at radius 1 is 1.03 bits per heavy atom. The topological polar surface area (TPSA) is 38.1 Å². The average molecular weight is 414 g/mol. The van der Waals surface area contributed by atoms with Crippen LogP contribution in [-0.4, -0.2) is 33.4 Å². The minimum absolute atomic E-state index is 0.309. The highest BCUT2D eigenvalue weighted by atomic mass is 16.2. The van der Waals surface area contributed by atoms with Gasteiger partial charge >= 0.3 is 0 Å². The van der Waals surface area contributed by atoms with Crippen molar-refractivity contribution in [3.63, 3.8) is 0 Å². The van der Waals surface area contributed by atoms with Crippen LogP contribution in [0.25, 0.3) is 11.4 Å².